The Bertz CT molecular complexity index is 1650. The van der Waals surface area contributed by atoms with Crippen LogP contribution in [-0.2, 0) is 13.5 Å². The zero-order chi connectivity index (χ0) is 27.3. The average molecular weight is 520 g/mol. The minimum absolute atomic E-state index is 0.795. The van der Waals surface area contributed by atoms with E-state index in [-0.39, 0.29) is 0 Å². The van der Waals surface area contributed by atoms with Crippen LogP contribution in [0.15, 0.2) is 54.9 Å². The number of aryl methyl sites for hydroxylation is 3. The second-order valence-corrected chi connectivity index (χ2v) is 10.8. The summed E-state index contributed by atoms with van der Waals surface area (Å²) in [5, 5.41) is 5.66. The molecule has 1 aliphatic rings. The minimum atomic E-state index is 0.795. The smallest absolute Gasteiger partial charge is 0.138 e. The highest BCUT2D eigenvalue weighted by atomic mass is 15.3. The summed E-state index contributed by atoms with van der Waals surface area (Å²) in [5.74, 6) is 0. The van der Waals surface area contributed by atoms with E-state index in [1.807, 2.05) is 24.1 Å². The molecule has 1 fully saturated rings. The summed E-state index contributed by atoms with van der Waals surface area (Å²) in [6.07, 6.45) is 4.82. The van der Waals surface area contributed by atoms with Crippen molar-refractivity contribution in [3.63, 3.8) is 0 Å². The Labute approximate surface area is 230 Å². The average Bonchev–Trinajstić information content (AvgIpc) is 3.50. The number of likely N-dealkylation sites (N-methyl/N-ethyl adjacent to an activating group) is 1. The van der Waals surface area contributed by atoms with Crippen LogP contribution in [0.5, 0.6) is 0 Å². The third-order valence-corrected chi connectivity index (χ3v) is 8.40. The molecule has 7 heteroatoms. The predicted molar refractivity (Wildman–Crippen MR) is 162 cm³/mol. The van der Waals surface area contributed by atoms with Gasteiger partial charge in [0, 0.05) is 78.6 Å². The van der Waals surface area contributed by atoms with Crippen molar-refractivity contribution in [2.24, 2.45) is 7.05 Å². The Hall–Kier alpha value is -4.10. The van der Waals surface area contributed by atoms with Crippen LogP contribution in [0.1, 0.15) is 23.7 Å². The number of nitrogen functional groups attached to an aromatic ring is 1. The maximum Gasteiger partial charge on any atom is 0.138 e. The van der Waals surface area contributed by atoms with Crippen molar-refractivity contribution in [3.05, 3.63) is 71.7 Å². The number of rotatable bonds is 5. The summed E-state index contributed by atoms with van der Waals surface area (Å²) in [7, 11) is 4.17. The molecule has 2 aromatic carbocycles. The number of nitrogens with one attached hydrogen (secondary N) is 1. The van der Waals surface area contributed by atoms with Crippen molar-refractivity contribution < 1.29 is 0 Å². The number of pyridine rings is 1. The number of hydrogen-bond acceptors (Lipinski definition) is 5. The van der Waals surface area contributed by atoms with E-state index in [0.717, 1.165) is 94.1 Å². The summed E-state index contributed by atoms with van der Waals surface area (Å²) in [4.78, 5) is 13.5. The van der Waals surface area contributed by atoms with Gasteiger partial charge >= 0.3 is 0 Å². The van der Waals surface area contributed by atoms with Gasteiger partial charge in [-0.1, -0.05) is 31.2 Å². The molecule has 0 saturated carbocycles. The number of anilines is 2. The molecule has 1 saturated heterocycles. The van der Waals surface area contributed by atoms with Crippen molar-refractivity contribution in [1.82, 2.24) is 24.6 Å². The lowest BCUT2D eigenvalue weighted by Crippen LogP contribution is -2.44. The molecule has 0 aliphatic carbocycles. The first kappa shape index (κ1) is 25.2. The third kappa shape index (κ3) is 4.36. The first-order valence-electron chi connectivity index (χ1n) is 13.8. The van der Waals surface area contributed by atoms with Crippen LogP contribution in [0.25, 0.3) is 44.5 Å². The SMILES string of the molecule is CCc1c(-c2cnn(C)c2C)cnc2[nH]c(-c3ccc(N4CCN(C)CC4)cc3)c(-c3ccc(C)c(N)c3)c12. The molecule has 0 unspecified atom stereocenters. The minimum Gasteiger partial charge on any atom is -0.398 e. The van der Waals surface area contributed by atoms with E-state index < -0.39 is 0 Å². The number of nitrogens with zero attached hydrogens (tertiary/aromatic N) is 5. The Morgan fingerprint density at radius 1 is 0.897 bits per heavy atom. The highest BCUT2D eigenvalue weighted by Crippen LogP contribution is 2.43. The summed E-state index contributed by atoms with van der Waals surface area (Å²) in [6, 6.07) is 15.3. The number of H-pyrrole nitrogens is 1. The van der Waals surface area contributed by atoms with E-state index in [2.05, 4.69) is 90.2 Å². The Balaban J connectivity index is 1.55. The van der Waals surface area contributed by atoms with E-state index in [4.69, 9.17) is 10.7 Å². The normalized spacial score (nSPS) is 14.4. The van der Waals surface area contributed by atoms with E-state index in [1.165, 1.54) is 11.3 Å². The number of aromatic amines is 1. The van der Waals surface area contributed by atoms with Crippen LogP contribution in [0, 0.1) is 13.8 Å². The van der Waals surface area contributed by atoms with Crippen molar-refractivity contribution in [1.29, 1.82) is 0 Å². The standard InChI is InChI=1S/C32H37N7/c1-6-25-27(26-19-35-38(5)21(26)3)18-34-32-30(25)29(23-8-7-20(2)28(33)17-23)31(36-32)22-9-11-24(12-10-22)39-15-13-37(4)14-16-39/h7-12,17-19H,6,13-16,33H2,1-5H3,(H,34,36). The molecule has 0 atom stereocenters. The quantitative estimate of drug-likeness (QED) is 0.287. The second kappa shape index (κ2) is 9.89. The highest BCUT2D eigenvalue weighted by molar-refractivity contribution is 6.06. The van der Waals surface area contributed by atoms with Gasteiger partial charge < -0.3 is 20.5 Å². The van der Waals surface area contributed by atoms with Crippen molar-refractivity contribution >= 4 is 22.4 Å². The predicted octanol–water partition coefficient (Wildman–Crippen LogP) is 5.81. The summed E-state index contributed by atoms with van der Waals surface area (Å²) >= 11 is 0. The molecule has 3 aromatic heterocycles. The molecule has 200 valence electrons. The largest absolute Gasteiger partial charge is 0.398 e. The van der Waals surface area contributed by atoms with Gasteiger partial charge in [-0.3, -0.25) is 4.68 Å². The lowest BCUT2D eigenvalue weighted by Gasteiger charge is -2.34. The van der Waals surface area contributed by atoms with Gasteiger partial charge in [-0.2, -0.15) is 5.10 Å². The van der Waals surface area contributed by atoms with Crippen LogP contribution >= 0.6 is 0 Å². The molecule has 7 nitrogen and oxygen atoms in total. The molecule has 0 spiro atoms. The first-order valence-corrected chi connectivity index (χ1v) is 13.8. The van der Waals surface area contributed by atoms with E-state index >= 15 is 0 Å². The number of piperazine rings is 1. The molecule has 0 amide bonds. The van der Waals surface area contributed by atoms with Crippen molar-refractivity contribution in [2.45, 2.75) is 27.2 Å². The molecule has 5 aromatic rings. The van der Waals surface area contributed by atoms with Gasteiger partial charge in [0.15, 0.2) is 0 Å². The van der Waals surface area contributed by atoms with Gasteiger partial charge in [-0.05, 0) is 67.8 Å². The number of benzene rings is 2. The van der Waals surface area contributed by atoms with Crippen LogP contribution in [-0.4, -0.2) is 57.9 Å². The summed E-state index contributed by atoms with van der Waals surface area (Å²) < 4.78 is 1.92. The maximum absolute atomic E-state index is 6.44. The number of hydrogen-bond donors (Lipinski definition) is 2. The lowest BCUT2D eigenvalue weighted by molar-refractivity contribution is 0.313. The first-order chi connectivity index (χ1) is 18.9. The van der Waals surface area contributed by atoms with Gasteiger partial charge in [0.05, 0.1) is 11.9 Å². The topological polar surface area (TPSA) is 79.0 Å². The monoisotopic (exact) mass is 519 g/mol. The van der Waals surface area contributed by atoms with Gasteiger partial charge in [-0.15, -0.1) is 0 Å². The zero-order valence-electron chi connectivity index (χ0n) is 23.5. The van der Waals surface area contributed by atoms with Crippen molar-refractivity contribution in [2.75, 3.05) is 43.9 Å². The van der Waals surface area contributed by atoms with Crippen molar-refractivity contribution in [3.8, 4) is 33.5 Å². The molecular weight excluding hydrogens is 482 g/mol. The Morgan fingerprint density at radius 2 is 1.62 bits per heavy atom. The van der Waals surface area contributed by atoms with Crippen LogP contribution in [0.2, 0.25) is 0 Å². The van der Waals surface area contributed by atoms with E-state index in [1.54, 1.807) is 0 Å². The third-order valence-electron chi connectivity index (χ3n) is 8.40. The van der Waals surface area contributed by atoms with Crippen LogP contribution in [0.3, 0.4) is 0 Å². The summed E-state index contributed by atoms with van der Waals surface area (Å²) in [5.41, 5.74) is 19.6. The molecule has 4 heterocycles. The van der Waals surface area contributed by atoms with Gasteiger partial charge in [0.25, 0.3) is 0 Å². The fourth-order valence-electron chi connectivity index (χ4n) is 5.79. The van der Waals surface area contributed by atoms with Gasteiger partial charge in [0.2, 0.25) is 0 Å². The molecule has 3 N–H and O–H groups in total. The lowest BCUT2D eigenvalue weighted by atomic mass is 9.91. The summed E-state index contributed by atoms with van der Waals surface area (Å²) in [6.45, 7) is 10.7. The van der Waals surface area contributed by atoms with Gasteiger partial charge in [-0.25, -0.2) is 4.98 Å². The Kier molecular flexibility index (Phi) is 6.39. The number of aromatic nitrogens is 4. The van der Waals surface area contributed by atoms with Gasteiger partial charge in [0.1, 0.15) is 5.65 Å². The Morgan fingerprint density at radius 3 is 2.26 bits per heavy atom. The molecule has 0 radical (unpaired) electrons. The fourth-order valence-corrected chi connectivity index (χ4v) is 5.79. The highest BCUT2D eigenvalue weighted by Gasteiger charge is 2.23. The fraction of sp³-hybridized carbons (Fsp3) is 0.312. The number of fused-ring (bicyclic) bond motifs is 1. The molecule has 0 bridgehead atoms. The second-order valence-electron chi connectivity index (χ2n) is 10.8. The maximum atomic E-state index is 6.44. The zero-order valence-corrected chi connectivity index (χ0v) is 23.5. The molecule has 39 heavy (non-hydrogen) atoms. The van der Waals surface area contributed by atoms with E-state index in [9.17, 15) is 0 Å². The molecule has 6 rings (SSSR count). The molecule has 1 aliphatic heterocycles. The van der Waals surface area contributed by atoms with Crippen LogP contribution in [0.4, 0.5) is 11.4 Å². The van der Waals surface area contributed by atoms with Crippen LogP contribution < -0.4 is 10.6 Å². The van der Waals surface area contributed by atoms with E-state index in [0.29, 0.717) is 0 Å². The number of nitrogens with two attached hydrogens (primary N) is 1. The molecular formula is C32H37N7.